The second kappa shape index (κ2) is 5.01. The molecule has 0 saturated heterocycles. The number of carbonyl (C=O) groups is 1. The van der Waals surface area contributed by atoms with E-state index in [1.54, 1.807) is 12.1 Å². The number of carbonyl (C=O) groups excluding carboxylic acids is 1. The van der Waals surface area contributed by atoms with Crippen LogP contribution in [0.4, 0.5) is 0 Å². The van der Waals surface area contributed by atoms with Crippen molar-refractivity contribution in [2.75, 3.05) is 0 Å². The molecule has 0 N–H and O–H groups in total. The highest BCUT2D eigenvalue weighted by Crippen LogP contribution is 2.24. The van der Waals surface area contributed by atoms with Crippen LogP contribution >= 0.6 is 0 Å². The van der Waals surface area contributed by atoms with Gasteiger partial charge in [0.1, 0.15) is 17.6 Å². The maximum atomic E-state index is 10.1. The molecule has 0 radical (unpaired) electrons. The SMILES string of the molecule is CC(C)Oc1ccc(OC=O)cc1C#N. The van der Waals surface area contributed by atoms with Gasteiger partial charge < -0.3 is 9.47 Å². The van der Waals surface area contributed by atoms with Crippen LogP contribution in [0.5, 0.6) is 11.5 Å². The Labute approximate surface area is 88.0 Å². The molecular weight excluding hydrogens is 194 g/mol. The molecule has 78 valence electrons. The highest BCUT2D eigenvalue weighted by molar-refractivity contribution is 5.52. The molecule has 0 aliphatic rings. The van der Waals surface area contributed by atoms with Crippen molar-refractivity contribution < 1.29 is 14.3 Å². The highest BCUT2D eigenvalue weighted by Gasteiger charge is 2.06. The molecule has 0 aromatic heterocycles. The maximum Gasteiger partial charge on any atom is 0.298 e. The molecule has 1 rings (SSSR count). The molecule has 0 unspecified atom stereocenters. The van der Waals surface area contributed by atoms with Gasteiger partial charge in [-0.05, 0) is 26.0 Å². The molecule has 15 heavy (non-hydrogen) atoms. The van der Waals surface area contributed by atoms with Gasteiger partial charge in [0.05, 0.1) is 11.7 Å². The first kappa shape index (κ1) is 11.1. The van der Waals surface area contributed by atoms with Crippen LogP contribution in [0.2, 0.25) is 0 Å². The standard InChI is InChI=1S/C11H11NO3/c1-8(2)15-11-4-3-10(14-7-13)5-9(11)6-12/h3-5,7-8H,1-2H3. The van der Waals surface area contributed by atoms with E-state index in [4.69, 9.17) is 10.00 Å². The molecule has 0 aliphatic heterocycles. The third-order valence-corrected chi connectivity index (χ3v) is 1.62. The van der Waals surface area contributed by atoms with Crippen LogP contribution in [-0.2, 0) is 4.79 Å². The average molecular weight is 205 g/mol. The summed E-state index contributed by atoms with van der Waals surface area (Å²) in [6, 6.07) is 6.63. The van der Waals surface area contributed by atoms with Crippen LogP contribution in [0, 0.1) is 11.3 Å². The Kier molecular flexibility index (Phi) is 3.69. The zero-order chi connectivity index (χ0) is 11.3. The Bertz CT molecular complexity index is 393. The van der Waals surface area contributed by atoms with Crippen molar-refractivity contribution in [1.29, 1.82) is 5.26 Å². The number of benzene rings is 1. The lowest BCUT2D eigenvalue weighted by atomic mass is 10.2. The molecular formula is C11H11NO3. The first-order valence-corrected chi connectivity index (χ1v) is 4.48. The van der Waals surface area contributed by atoms with Crippen LogP contribution in [0.1, 0.15) is 19.4 Å². The fraction of sp³-hybridized carbons (Fsp3) is 0.273. The van der Waals surface area contributed by atoms with Gasteiger partial charge in [0.25, 0.3) is 6.47 Å². The molecule has 0 fully saturated rings. The van der Waals surface area contributed by atoms with Gasteiger partial charge in [-0.25, -0.2) is 0 Å². The Morgan fingerprint density at radius 3 is 2.73 bits per heavy atom. The number of rotatable bonds is 4. The molecule has 0 atom stereocenters. The zero-order valence-electron chi connectivity index (χ0n) is 8.56. The van der Waals surface area contributed by atoms with E-state index in [2.05, 4.69) is 4.74 Å². The summed E-state index contributed by atoms with van der Waals surface area (Å²) in [5.74, 6) is 0.823. The Morgan fingerprint density at radius 1 is 1.47 bits per heavy atom. The topological polar surface area (TPSA) is 59.3 Å². The molecule has 0 bridgehead atoms. The van der Waals surface area contributed by atoms with Crippen molar-refractivity contribution in [1.82, 2.24) is 0 Å². The smallest absolute Gasteiger partial charge is 0.298 e. The van der Waals surface area contributed by atoms with E-state index in [0.717, 1.165) is 0 Å². The number of hydrogen-bond donors (Lipinski definition) is 0. The van der Waals surface area contributed by atoms with Crippen LogP contribution in [0.15, 0.2) is 18.2 Å². The van der Waals surface area contributed by atoms with Crippen molar-refractivity contribution in [3.05, 3.63) is 23.8 Å². The molecule has 4 heteroatoms. The largest absolute Gasteiger partial charge is 0.490 e. The number of nitrogens with zero attached hydrogens (tertiary/aromatic N) is 1. The summed E-state index contributed by atoms with van der Waals surface area (Å²) in [5, 5.41) is 8.85. The van der Waals surface area contributed by atoms with Crippen LogP contribution < -0.4 is 9.47 Å². The van der Waals surface area contributed by atoms with E-state index in [1.807, 2.05) is 19.9 Å². The normalized spacial score (nSPS) is 9.47. The number of nitriles is 1. The fourth-order valence-corrected chi connectivity index (χ4v) is 1.08. The summed E-state index contributed by atoms with van der Waals surface area (Å²) in [5.41, 5.74) is 0.350. The minimum Gasteiger partial charge on any atom is -0.490 e. The highest BCUT2D eigenvalue weighted by atomic mass is 16.5. The average Bonchev–Trinajstić information content (AvgIpc) is 2.20. The zero-order valence-corrected chi connectivity index (χ0v) is 8.56. The first-order valence-electron chi connectivity index (χ1n) is 4.48. The van der Waals surface area contributed by atoms with E-state index < -0.39 is 0 Å². The van der Waals surface area contributed by atoms with Crippen molar-refractivity contribution in [3.63, 3.8) is 0 Å². The summed E-state index contributed by atoms with van der Waals surface area (Å²) in [7, 11) is 0. The van der Waals surface area contributed by atoms with Crippen molar-refractivity contribution in [3.8, 4) is 17.6 Å². The molecule has 0 spiro atoms. The molecule has 0 saturated carbocycles. The van der Waals surface area contributed by atoms with Crippen molar-refractivity contribution in [2.24, 2.45) is 0 Å². The minimum atomic E-state index is -0.00469. The predicted molar refractivity (Wildman–Crippen MR) is 53.6 cm³/mol. The molecule has 0 aliphatic carbocycles. The minimum absolute atomic E-state index is 0.00469. The predicted octanol–water partition coefficient (Wildman–Crippen LogP) is 1.88. The third-order valence-electron chi connectivity index (χ3n) is 1.62. The van der Waals surface area contributed by atoms with Gasteiger partial charge in [-0.1, -0.05) is 0 Å². The van der Waals surface area contributed by atoms with Gasteiger partial charge in [-0.2, -0.15) is 5.26 Å². The fourth-order valence-electron chi connectivity index (χ4n) is 1.08. The van der Waals surface area contributed by atoms with Gasteiger partial charge in [-0.3, -0.25) is 4.79 Å². The third kappa shape index (κ3) is 2.99. The summed E-state index contributed by atoms with van der Waals surface area (Å²) < 4.78 is 10.0. The van der Waals surface area contributed by atoms with E-state index >= 15 is 0 Å². The summed E-state index contributed by atoms with van der Waals surface area (Å²) >= 11 is 0. The van der Waals surface area contributed by atoms with E-state index in [1.165, 1.54) is 6.07 Å². The second-order valence-electron chi connectivity index (χ2n) is 3.15. The monoisotopic (exact) mass is 205 g/mol. The summed E-state index contributed by atoms with van der Waals surface area (Å²) in [6.45, 7) is 4.06. The molecule has 0 heterocycles. The van der Waals surface area contributed by atoms with E-state index in [-0.39, 0.29) is 6.10 Å². The first-order chi connectivity index (χ1) is 7.17. The van der Waals surface area contributed by atoms with E-state index in [9.17, 15) is 4.79 Å². The molecule has 0 amide bonds. The molecule has 4 nitrogen and oxygen atoms in total. The van der Waals surface area contributed by atoms with Crippen molar-refractivity contribution in [2.45, 2.75) is 20.0 Å². The quantitative estimate of drug-likeness (QED) is 0.704. The lowest BCUT2D eigenvalue weighted by Gasteiger charge is -2.11. The molecule has 1 aromatic carbocycles. The van der Waals surface area contributed by atoms with Crippen LogP contribution in [0.25, 0.3) is 0 Å². The lowest BCUT2D eigenvalue weighted by Crippen LogP contribution is -2.06. The van der Waals surface area contributed by atoms with Gasteiger partial charge in [-0.15, -0.1) is 0 Å². The Morgan fingerprint density at radius 2 is 2.20 bits per heavy atom. The van der Waals surface area contributed by atoms with E-state index in [0.29, 0.717) is 23.5 Å². The maximum absolute atomic E-state index is 10.1. The number of ether oxygens (including phenoxy) is 2. The second-order valence-corrected chi connectivity index (χ2v) is 3.15. The Hall–Kier alpha value is -2.02. The van der Waals surface area contributed by atoms with Crippen LogP contribution in [-0.4, -0.2) is 12.6 Å². The lowest BCUT2D eigenvalue weighted by molar-refractivity contribution is -0.120. The van der Waals surface area contributed by atoms with Gasteiger partial charge in [0.15, 0.2) is 0 Å². The van der Waals surface area contributed by atoms with Gasteiger partial charge in [0, 0.05) is 6.07 Å². The van der Waals surface area contributed by atoms with Gasteiger partial charge >= 0.3 is 0 Å². The number of hydrogen-bond acceptors (Lipinski definition) is 4. The van der Waals surface area contributed by atoms with Crippen LogP contribution in [0.3, 0.4) is 0 Å². The Balaban J connectivity index is 2.99. The van der Waals surface area contributed by atoms with Gasteiger partial charge in [0.2, 0.25) is 0 Å². The molecule has 1 aromatic rings. The van der Waals surface area contributed by atoms with Crippen molar-refractivity contribution >= 4 is 6.47 Å². The summed E-state index contributed by atoms with van der Waals surface area (Å²) in [6.07, 6.45) is -0.00469. The summed E-state index contributed by atoms with van der Waals surface area (Å²) in [4.78, 5) is 10.1.